The second kappa shape index (κ2) is 11.7. The summed E-state index contributed by atoms with van der Waals surface area (Å²) in [6.45, 7) is 0.426. The molecule has 3 N–H and O–H groups in total. The number of aryl methyl sites for hydroxylation is 1. The van der Waals surface area contributed by atoms with Crippen molar-refractivity contribution in [3.05, 3.63) is 74.6 Å². The Morgan fingerprint density at radius 1 is 1.13 bits per heavy atom. The van der Waals surface area contributed by atoms with Crippen molar-refractivity contribution in [2.24, 2.45) is 7.05 Å². The number of aromatic hydroxyl groups is 1. The van der Waals surface area contributed by atoms with Gasteiger partial charge >= 0.3 is 0 Å². The molecule has 8 nitrogen and oxygen atoms in total. The number of thioether (sulfide) groups is 1. The number of nitrogens with one attached hydrogen (secondary N) is 2. The number of amides is 2. The molecule has 2 aromatic carbocycles. The van der Waals surface area contributed by atoms with E-state index < -0.39 is 0 Å². The molecule has 0 radical (unpaired) electrons. The molecule has 2 heterocycles. The van der Waals surface area contributed by atoms with Gasteiger partial charge in [0.2, 0.25) is 5.91 Å². The summed E-state index contributed by atoms with van der Waals surface area (Å²) in [6, 6.07) is 14.9. The van der Waals surface area contributed by atoms with Gasteiger partial charge in [-0.3, -0.25) is 9.59 Å². The predicted molar refractivity (Wildman–Crippen MR) is 154 cm³/mol. The van der Waals surface area contributed by atoms with Crippen molar-refractivity contribution in [3.63, 3.8) is 0 Å². The summed E-state index contributed by atoms with van der Waals surface area (Å²) in [4.78, 5) is 27.4. The minimum atomic E-state index is -0.222. The SMILES string of the molecule is Cn1c(SCC(=O)Nc2sc3c(c2C(=O)NCc2ccccc2)CCCC3)nnc1-c1cc(Br)ccc1O. The van der Waals surface area contributed by atoms with Crippen LogP contribution < -0.4 is 10.6 Å². The van der Waals surface area contributed by atoms with Gasteiger partial charge in [-0.05, 0) is 55.0 Å². The number of phenols is 1. The summed E-state index contributed by atoms with van der Waals surface area (Å²) < 4.78 is 2.55. The number of fused-ring (bicyclic) bond motifs is 1. The van der Waals surface area contributed by atoms with Crippen molar-refractivity contribution in [2.75, 3.05) is 11.1 Å². The molecule has 1 aliphatic carbocycles. The highest BCUT2D eigenvalue weighted by molar-refractivity contribution is 9.10. The average Bonchev–Trinajstić information content (AvgIpc) is 3.47. The van der Waals surface area contributed by atoms with Crippen LogP contribution in [0.2, 0.25) is 0 Å². The lowest BCUT2D eigenvalue weighted by Gasteiger charge is -2.13. The maximum absolute atomic E-state index is 13.3. The first-order valence-electron chi connectivity index (χ1n) is 12.2. The molecule has 0 saturated carbocycles. The molecule has 1 aliphatic rings. The summed E-state index contributed by atoms with van der Waals surface area (Å²) in [5.74, 6) is 0.306. The Kier molecular flexibility index (Phi) is 8.15. The van der Waals surface area contributed by atoms with Gasteiger partial charge in [-0.25, -0.2) is 0 Å². The fraction of sp³-hybridized carbons (Fsp3) is 0.259. The topological polar surface area (TPSA) is 109 Å². The van der Waals surface area contributed by atoms with Crippen molar-refractivity contribution in [1.29, 1.82) is 0 Å². The number of carbonyl (C=O) groups is 2. The first-order chi connectivity index (χ1) is 18.4. The third-order valence-corrected chi connectivity index (χ3v) is 9.03. The molecule has 196 valence electrons. The van der Waals surface area contributed by atoms with Crippen LogP contribution in [-0.4, -0.2) is 37.4 Å². The summed E-state index contributed by atoms with van der Waals surface area (Å²) in [5, 5.41) is 25.8. The van der Waals surface area contributed by atoms with Crippen molar-refractivity contribution in [2.45, 2.75) is 37.4 Å². The quantitative estimate of drug-likeness (QED) is 0.225. The number of nitrogens with zero attached hydrogens (tertiary/aromatic N) is 3. The average molecular weight is 613 g/mol. The standard InChI is InChI=1S/C27H26BrN5O3S2/c1-33-24(19-13-17(28)11-12-20(19)34)31-32-27(33)37-15-22(35)30-26-23(18-9-5-6-10-21(18)38-26)25(36)29-14-16-7-3-2-4-8-16/h2-4,7-8,11-13,34H,5-6,9-10,14-15H2,1H3,(H,29,36)(H,30,35). The number of thiophene rings is 1. The van der Waals surface area contributed by atoms with Crippen molar-refractivity contribution in [3.8, 4) is 17.1 Å². The molecule has 11 heteroatoms. The number of halogens is 1. The van der Waals surface area contributed by atoms with Gasteiger partial charge in [-0.15, -0.1) is 21.5 Å². The highest BCUT2D eigenvalue weighted by Gasteiger charge is 2.26. The van der Waals surface area contributed by atoms with Crippen molar-refractivity contribution >= 4 is 55.8 Å². The third-order valence-electron chi connectivity index (χ3n) is 6.31. The van der Waals surface area contributed by atoms with Crippen molar-refractivity contribution in [1.82, 2.24) is 20.1 Å². The Hall–Kier alpha value is -3.15. The summed E-state index contributed by atoms with van der Waals surface area (Å²) >= 11 is 6.16. The maximum Gasteiger partial charge on any atom is 0.254 e. The molecule has 5 rings (SSSR count). The number of benzene rings is 2. The fourth-order valence-electron chi connectivity index (χ4n) is 4.42. The number of phenolic OH excluding ortho intramolecular Hbond substituents is 1. The highest BCUT2D eigenvalue weighted by Crippen LogP contribution is 2.38. The monoisotopic (exact) mass is 611 g/mol. The lowest BCUT2D eigenvalue weighted by molar-refractivity contribution is -0.113. The van der Waals surface area contributed by atoms with E-state index in [1.807, 2.05) is 30.3 Å². The number of hydrogen-bond acceptors (Lipinski definition) is 7. The van der Waals surface area contributed by atoms with Gasteiger partial charge in [0.25, 0.3) is 5.91 Å². The first-order valence-corrected chi connectivity index (χ1v) is 14.8. The lowest BCUT2D eigenvalue weighted by Crippen LogP contribution is -2.25. The molecular formula is C27H26BrN5O3S2. The molecular weight excluding hydrogens is 586 g/mol. The van der Waals surface area contributed by atoms with Crippen molar-refractivity contribution < 1.29 is 14.7 Å². The van der Waals surface area contributed by atoms with Crippen LogP contribution in [-0.2, 0) is 31.2 Å². The van der Waals surface area contributed by atoms with E-state index in [1.165, 1.54) is 28.0 Å². The van der Waals surface area contributed by atoms with Crippen LogP contribution in [0.3, 0.4) is 0 Å². The van der Waals surface area contributed by atoms with Gasteiger partial charge in [-0.1, -0.05) is 58.0 Å². The van der Waals surface area contributed by atoms with E-state index in [1.54, 1.807) is 29.8 Å². The van der Waals surface area contributed by atoms with E-state index in [4.69, 9.17) is 0 Å². The summed E-state index contributed by atoms with van der Waals surface area (Å²) in [6.07, 6.45) is 3.89. The summed E-state index contributed by atoms with van der Waals surface area (Å²) in [5.41, 5.74) is 3.21. The molecule has 0 bridgehead atoms. The highest BCUT2D eigenvalue weighted by atomic mass is 79.9. The second-order valence-electron chi connectivity index (χ2n) is 8.95. The molecule has 2 aromatic heterocycles. The number of hydrogen-bond donors (Lipinski definition) is 3. The molecule has 0 fully saturated rings. The molecule has 0 spiro atoms. The number of rotatable bonds is 8. The number of anilines is 1. The van der Waals surface area contributed by atoms with Gasteiger partial charge in [-0.2, -0.15) is 0 Å². The largest absolute Gasteiger partial charge is 0.507 e. The molecule has 4 aromatic rings. The van der Waals surface area contributed by atoms with E-state index >= 15 is 0 Å². The van der Waals surface area contributed by atoms with Crippen LogP contribution in [0.5, 0.6) is 5.75 Å². The van der Waals surface area contributed by atoms with E-state index in [9.17, 15) is 14.7 Å². The van der Waals surface area contributed by atoms with Gasteiger partial charge in [0.05, 0.1) is 16.9 Å². The van der Waals surface area contributed by atoms with E-state index in [0.29, 0.717) is 33.7 Å². The van der Waals surface area contributed by atoms with E-state index in [-0.39, 0.29) is 23.3 Å². The zero-order valence-electron chi connectivity index (χ0n) is 20.7. The van der Waals surface area contributed by atoms with E-state index in [0.717, 1.165) is 41.3 Å². The van der Waals surface area contributed by atoms with Crippen LogP contribution in [0.15, 0.2) is 58.2 Å². The molecule has 0 unspecified atom stereocenters. The van der Waals surface area contributed by atoms with Gasteiger partial charge in [0.1, 0.15) is 10.8 Å². The predicted octanol–water partition coefficient (Wildman–Crippen LogP) is 5.55. The van der Waals surface area contributed by atoms with Crippen LogP contribution in [0.25, 0.3) is 11.4 Å². The Bertz CT molecular complexity index is 1490. The molecule has 0 saturated heterocycles. The van der Waals surface area contributed by atoms with E-state index in [2.05, 4.69) is 36.8 Å². The normalized spacial score (nSPS) is 12.7. The Balaban J connectivity index is 1.28. The smallest absolute Gasteiger partial charge is 0.254 e. The van der Waals surface area contributed by atoms with Gasteiger partial charge in [0.15, 0.2) is 11.0 Å². The number of aromatic nitrogens is 3. The Labute approximate surface area is 237 Å². The summed E-state index contributed by atoms with van der Waals surface area (Å²) in [7, 11) is 1.79. The minimum absolute atomic E-state index is 0.0951. The van der Waals surface area contributed by atoms with Crippen LogP contribution in [0.1, 0.15) is 39.2 Å². The zero-order valence-corrected chi connectivity index (χ0v) is 23.9. The van der Waals surface area contributed by atoms with Crippen LogP contribution in [0, 0.1) is 0 Å². The lowest BCUT2D eigenvalue weighted by atomic mass is 9.95. The molecule has 38 heavy (non-hydrogen) atoms. The third kappa shape index (κ3) is 5.79. The minimum Gasteiger partial charge on any atom is -0.507 e. The van der Waals surface area contributed by atoms with Crippen LogP contribution >= 0.6 is 39.0 Å². The second-order valence-corrected chi connectivity index (χ2v) is 11.9. The Morgan fingerprint density at radius 3 is 2.74 bits per heavy atom. The zero-order chi connectivity index (χ0) is 26.6. The maximum atomic E-state index is 13.3. The number of carbonyl (C=O) groups excluding carboxylic acids is 2. The van der Waals surface area contributed by atoms with Gasteiger partial charge < -0.3 is 20.3 Å². The molecule has 0 aliphatic heterocycles. The van der Waals surface area contributed by atoms with Gasteiger partial charge in [0, 0.05) is 22.9 Å². The Morgan fingerprint density at radius 2 is 1.92 bits per heavy atom. The molecule has 0 atom stereocenters. The first kappa shape index (κ1) is 26.5. The molecule has 2 amide bonds. The fourth-order valence-corrected chi connectivity index (χ4v) is 6.79. The van der Waals surface area contributed by atoms with Crippen LogP contribution in [0.4, 0.5) is 5.00 Å².